The van der Waals surface area contributed by atoms with Crippen molar-refractivity contribution in [2.24, 2.45) is 0 Å². The number of aromatic nitrogens is 1. The molecule has 1 aromatic carbocycles. The first-order chi connectivity index (χ1) is 12.0. The van der Waals surface area contributed by atoms with Crippen LogP contribution in [0.1, 0.15) is 37.1 Å². The van der Waals surface area contributed by atoms with Crippen LogP contribution in [0.25, 0.3) is 10.6 Å². The molecule has 25 heavy (non-hydrogen) atoms. The summed E-state index contributed by atoms with van der Waals surface area (Å²) in [5.41, 5.74) is 2.43. The Bertz CT molecular complexity index is 668. The van der Waals surface area contributed by atoms with Gasteiger partial charge < -0.3 is 15.3 Å². The molecule has 0 bridgehead atoms. The standard InChI is InChI=1S/C19H27N3O2S/c1-14(2)22(3)11-5-4-6-15-7-9-16(10-8-15)18-20-12-17(25-18)13-21-19(23)24/h7-10,12,14,21H,4-6,11,13H2,1-3H3,(H,23,24). The molecule has 5 nitrogen and oxygen atoms in total. The summed E-state index contributed by atoms with van der Waals surface area (Å²) in [7, 11) is 2.17. The molecule has 0 radical (unpaired) electrons. The first kappa shape index (κ1) is 19.4. The number of thiazole rings is 1. The second-order valence-corrected chi connectivity index (χ2v) is 7.63. The van der Waals surface area contributed by atoms with Gasteiger partial charge in [-0.3, -0.25) is 0 Å². The Morgan fingerprint density at radius 1 is 1.28 bits per heavy atom. The maximum atomic E-state index is 10.5. The fourth-order valence-corrected chi connectivity index (χ4v) is 3.31. The molecule has 136 valence electrons. The summed E-state index contributed by atoms with van der Waals surface area (Å²) in [5, 5.41) is 11.9. The zero-order valence-electron chi connectivity index (χ0n) is 15.2. The lowest BCUT2D eigenvalue weighted by Crippen LogP contribution is -2.27. The lowest BCUT2D eigenvalue weighted by molar-refractivity contribution is 0.194. The minimum Gasteiger partial charge on any atom is -0.465 e. The van der Waals surface area contributed by atoms with Gasteiger partial charge in [-0.2, -0.15) is 0 Å². The van der Waals surface area contributed by atoms with Crippen molar-refractivity contribution in [1.82, 2.24) is 15.2 Å². The van der Waals surface area contributed by atoms with Gasteiger partial charge in [-0.15, -0.1) is 11.3 Å². The second kappa shape index (κ2) is 9.53. The Hall–Kier alpha value is -1.92. The Kier molecular flexibility index (Phi) is 7.40. The van der Waals surface area contributed by atoms with Crippen LogP contribution in [0.5, 0.6) is 0 Å². The predicted octanol–water partition coefficient (Wildman–Crippen LogP) is 4.24. The van der Waals surface area contributed by atoms with Crippen LogP contribution in [0, 0.1) is 0 Å². The van der Waals surface area contributed by atoms with E-state index in [1.807, 2.05) is 0 Å². The van der Waals surface area contributed by atoms with Gasteiger partial charge in [-0.05, 0) is 52.3 Å². The number of nitrogens with zero attached hydrogens (tertiary/aromatic N) is 2. The van der Waals surface area contributed by atoms with E-state index in [9.17, 15) is 4.79 Å². The van der Waals surface area contributed by atoms with E-state index >= 15 is 0 Å². The van der Waals surface area contributed by atoms with E-state index in [2.05, 4.69) is 60.4 Å². The summed E-state index contributed by atoms with van der Waals surface area (Å²) >= 11 is 1.52. The zero-order valence-corrected chi connectivity index (χ0v) is 16.0. The highest BCUT2D eigenvalue weighted by atomic mass is 32.1. The van der Waals surface area contributed by atoms with Gasteiger partial charge in [-0.1, -0.05) is 24.3 Å². The third-order valence-corrected chi connectivity index (χ3v) is 5.32. The molecule has 0 aliphatic carbocycles. The topological polar surface area (TPSA) is 65.5 Å². The number of hydrogen-bond donors (Lipinski definition) is 2. The molecule has 0 spiro atoms. The molecule has 0 fully saturated rings. The van der Waals surface area contributed by atoms with Crippen LogP contribution in [0.2, 0.25) is 0 Å². The smallest absolute Gasteiger partial charge is 0.404 e. The highest BCUT2D eigenvalue weighted by Gasteiger charge is 2.06. The van der Waals surface area contributed by atoms with Crippen LogP contribution in [0.4, 0.5) is 4.79 Å². The summed E-state index contributed by atoms with van der Waals surface area (Å²) in [5.74, 6) is 0. The van der Waals surface area contributed by atoms with Crippen LogP contribution in [-0.2, 0) is 13.0 Å². The van der Waals surface area contributed by atoms with E-state index in [1.54, 1.807) is 6.20 Å². The maximum Gasteiger partial charge on any atom is 0.404 e. The summed E-state index contributed by atoms with van der Waals surface area (Å²) in [6.07, 6.45) is 4.22. The molecular formula is C19H27N3O2S. The number of hydrogen-bond acceptors (Lipinski definition) is 4. The van der Waals surface area contributed by atoms with E-state index in [0.29, 0.717) is 12.6 Å². The van der Waals surface area contributed by atoms with Crippen molar-refractivity contribution in [2.75, 3.05) is 13.6 Å². The molecule has 2 aromatic rings. The number of carboxylic acid groups (broad SMARTS) is 1. The molecule has 0 atom stereocenters. The van der Waals surface area contributed by atoms with Crippen molar-refractivity contribution in [3.8, 4) is 10.6 Å². The van der Waals surface area contributed by atoms with Crippen molar-refractivity contribution in [2.45, 2.75) is 45.7 Å². The predicted molar refractivity (Wildman–Crippen MR) is 103 cm³/mol. The third-order valence-electron chi connectivity index (χ3n) is 4.28. The number of rotatable bonds is 9. The van der Waals surface area contributed by atoms with Crippen molar-refractivity contribution < 1.29 is 9.90 Å². The molecule has 0 saturated carbocycles. The number of benzene rings is 1. The number of aryl methyl sites for hydroxylation is 1. The van der Waals surface area contributed by atoms with Crippen LogP contribution < -0.4 is 5.32 Å². The molecule has 0 aliphatic rings. The molecular weight excluding hydrogens is 334 g/mol. The lowest BCUT2D eigenvalue weighted by atomic mass is 10.1. The number of amides is 1. The lowest BCUT2D eigenvalue weighted by Gasteiger charge is -2.20. The fourth-order valence-electron chi connectivity index (χ4n) is 2.45. The number of carbonyl (C=O) groups is 1. The molecule has 2 rings (SSSR count). The summed E-state index contributed by atoms with van der Waals surface area (Å²) in [4.78, 5) is 18.2. The molecule has 2 N–H and O–H groups in total. The fraction of sp³-hybridized carbons (Fsp3) is 0.474. The molecule has 6 heteroatoms. The average molecular weight is 362 g/mol. The number of unbranched alkanes of at least 4 members (excludes halogenated alkanes) is 1. The van der Waals surface area contributed by atoms with E-state index in [-0.39, 0.29) is 0 Å². The Balaban J connectivity index is 1.82. The van der Waals surface area contributed by atoms with Crippen molar-refractivity contribution in [3.05, 3.63) is 40.9 Å². The van der Waals surface area contributed by atoms with Crippen molar-refractivity contribution in [3.63, 3.8) is 0 Å². The van der Waals surface area contributed by atoms with Gasteiger partial charge in [0.1, 0.15) is 5.01 Å². The maximum absolute atomic E-state index is 10.5. The zero-order chi connectivity index (χ0) is 18.2. The van der Waals surface area contributed by atoms with Gasteiger partial charge >= 0.3 is 6.09 Å². The highest BCUT2D eigenvalue weighted by molar-refractivity contribution is 7.15. The van der Waals surface area contributed by atoms with Crippen LogP contribution in [-0.4, -0.2) is 40.7 Å². The second-order valence-electron chi connectivity index (χ2n) is 6.52. The molecule has 0 unspecified atom stereocenters. The number of nitrogens with one attached hydrogen (secondary N) is 1. The highest BCUT2D eigenvalue weighted by Crippen LogP contribution is 2.25. The van der Waals surface area contributed by atoms with E-state index in [0.717, 1.165) is 28.4 Å². The van der Waals surface area contributed by atoms with E-state index in [1.165, 1.54) is 29.7 Å². The minimum absolute atomic E-state index is 0.301. The first-order valence-electron chi connectivity index (χ1n) is 8.66. The summed E-state index contributed by atoms with van der Waals surface area (Å²) < 4.78 is 0. The van der Waals surface area contributed by atoms with Gasteiger partial charge in [0.25, 0.3) is 0 Å². The molecule has 0 aliphatic heterocycles. The monoisotopic (exact) mass is 361 g/mol. The quantitative estimate of drug-likeness (QED) is 0.656. The van der Waals surface area contributed by atoms with Crippen LogP contribution in [0.3, 0.4) is 0 Å². The molecule has 0 saturated heterocycles. The third kappa shape index (κ3) is 6.48. The van der Waals surface area contributed by atoms with E-state index < -0.39 is 6.09 Å². The Morgan fingerprint density at radius 2 is 2.00 bits per heavy atom. The summed E-state index contributed by atoms with van der Waals surface area (Å²) in [6.45, 7) is 5.89. The molecule has 1 heterocycles. The Morgan fingerprint density at radius 3 is 2.64 bits per heavy atom. The SMILES string of the molecule is CC(C)N(C)CCCCc1ccc(-c2ncc(CNC(=O)O)s2)cc1. The normalized spacial score (nSPS) is 11.2. The van der Waals surface area contributed by atoms with Gasteiger partial charge in [0, 0.05) is 22.7 Å². The van der Waals surface area contributed by atoms with Gasteiger partial charge in [-0.25, -0.2) is 9.78 Å². The largest absolute Gasteiger partial charge is 0.465 e. The van der Waals surface area contributed by atoms with Crippen molar-refractivity contribution >= 4 is 17.4 Å². The average Bonchev–Trinajstić information content (AvgIpc) is 3.06. The summed E-state index contributed by atoms with van der Waals surface area (Å²) in [6, 6.07) is 9.13. The van der Waals surface area contributed by atoms with Gasteiger partial charge in [0.15, 0.2) is 0 Å². The first-order valence-corrected chi connectivity index (χ1v) is 9.48. The minimum atomic E-state index is -1.01. The molecule has 1 aromatic heterocycles. The van der Waals surface area contributed by atoms with E-state index in [4.69, 9.17) is 5.11 Å². The van der Waals surface area contributed by atoms with Crippen LogP contribution in [0.15, 0.2) is 30.5 Å². The Labute approximate surface area is 153 Å². The van der Waals surface area contributed by atoms with Crippen molar-refractivity contribution in [1.29, 1.82) is 0 Å². The molecule has 1 amide bonds. The van der Waals surface area contributed by atoms with Gasteiger partial charge in [0.05, 0.1) is 6.54 Å². The van der Waals surface area contributed by atoms with Gasteiger partial charge in [0.2, 0.25) is 0 Å². The van der Waals surface area contributed by atoms with Crippen LogP contribution >= 0.6 is 11.3 Å².